The van der Waals surface area contributed by atoms with E-state index in [2.05, 4.69) is 20.9 Å². The molecule has 2 aromatic rings. The summed E-state index contributed by atoms with van der Waals surface area (Å²) in [5.41, 5.74) is 0.982. The van der Waals surface area contributed by atoms with Gasteiger partial charge in [0.1, 0.15) is 0 Å². The summed E-state index contributed by atoms with van der Waals surface area (Å²) in [4.78, 5) is 15.1. The number of thiazole rings is 1. The lowest BCUT2D eigenvalue weighted by atomic mass is 10.1. The van der Waals surface area contributed by atoms with Crippen molar-refractivity contribution in [3.63, 3.8) is 0 Å². The molecular weight excluding hydrogens is 302 g/mol. The Bertz CT molecular complexity index is 552. The van der Waals surface area contributed by atoms with Crippen LogP contribution in [0.5, 0.6) is 0 Å². The number of rotatable bonds is 4. The highest BCUT2D eigenvalue weighted by Gasteiger charge is 2.11. The molecule has 90 valence electrons. The van der Waals surface area contributed by atoms with Gasteiger partial charge in [-0.25, -0.2) is 4.98 Å². The lowest BCUT2D eigenvalue weighted by Gasteiger charge is -2.04. The first kappa shape index (κ1) is 12.5. The molecule has 0 saturated carbocycles. The fourth-order valence-corrected chi connectivity index (χ4v) is 3.38. The maximum atomic E-state index is 10.6. The lowest BCUT2D eigenvalue weighted by molar-refractivity contribution is -0.137. The smallest absolute Gasteiger partial charge is 0.303 e. The topological polar surface area (TPSA) is 50.2 Å². The van der Waals surface area contributed by atoms with Gasteiger partial charge in [-0.05, 0) is 24.1 Å². The van der Waals surface area contributed by atoms with Gasteiger partial charge in [0, 0.05) is 17.3 Å². The fraction of sp³-hybridized carbons (Fsp3) is 0.333. The SMILES string of the molecule is CC(CC(=O)O)Cc1nc2ccc(Br)cc2s1. The Morgan fingerprint density at radius 2 is 2.35 bits per heavy atom. The summed E-state index contributed by atoms with van der Waals surface area (Å²) in [5.74, 6) is -0.627. The highest BCUT2D eigenvalue weighted by atomic mass is 79.9. The molecule has 0 spiro atoms. The number of benzene rings is 1. The molecule has 1 heterocycles. The first-order valence-electron chi connectivity index (χ1n) is 5.31. The number of carbonyl (C=O) groups is 1. The normalized spacial score (nSPS) is 12.8. The maximum absolute atomic E-state index is 10.6. The predicted octanol–water partition coefficient (Wildman–Crippen LogP) is 3.71. The van der Waals surface area contributed by atoms with E-state index < -0.39 is 5.97 Å². The molecule has 1 unspecified atom stereocenters. The van der Waals surface area contributed by atoms with Crippen molar-refractivity contribution in [2.24, 2.45) is 5.92 Å². The lowest BCUT2D eigenvalue weighted by Crippen LogP contribution is -2.06. The number of hydrogen-bond donors (Lipinski definition) is 1. The largest absolute Gasteiger partial charge is 0.481 e. The van der Waals surface area contributed by atoms with Crippen molar-refractivity contribution in [1.82, 2.24) is 4.98 Å². The Morgan fingerprint density at radius 3 is 3.06 bits per heavy atom. The van der Waals surface area contributed by atoms with Crippen LogP contribution in [0.15, 0.2) is 22.7 Å². The summed E-state index contributed by atoms with van der Waals surface area (Å²) >= 11 is 5.06. The van der Waals surface area contributed by atoms with Crippen molar-refractivity contribution in [2.45, 2.75) is 19.8 Å². The summed E-state index contributed by atoms with van der Waals surface area (Å²) < 4.78 is 2.18. The van der Waals surface area contributed by atoms with E-state index >= 15 is 0 Å². The molecule has 0 amide bonds. The van der Waals surface area contributed by atoms with E-state index in [1.807, 2.05) is 25.1 Å². The van der Waals surface area contributed by atoms with Crippen LogP contribution in [0.4, 0.5) is 0 Å². The minimum Gasteiger partial charge on any atom is -0.481 e. The molecule has 5 heteroatoms. The monoisotopic (exact) mass is 313 g/mol. The molecule has 0 saturated heterocycles. The van der Waals surface area contributed by atoms with E-state index in [9.17, 15) is 4.79 Å². The highest BCUT2D eigenvalue weighted by molar-refractivity contribution is 9.10. The Balaban J connectivity index is 2.16. The molecule has 0 fully saturated rings. The highest BCUT2D eigenvalue weighted by Crippen LogP contribution is 2.27. The van der Waals surface area contributed by atoms with E-state index in [4.69, 9.17) is 5.11 Å². The number of carboxylic acid groups (broad SMARTS) is 1. The Kier molecular flexibility index (Phi) is 3.79. The zero-order valence-corrected chi connectivity index (χ0v) is 11.7. The molecule has 0 aliphatic carbocycles. The molecule has 0 radical (unpaired) electrons. The fourth-order valence-electron chi connectivity index (χ4n) is 1.70. The van der Waals surface area contributed by atoms with Gasteiger partial charge in [0.25, 0.3) is 0 Å². The van der Waals surface area contributed by atoms with Crippen LogP contribution in [-0.4, -0.2) is 16.1 Å². The molecule has 1 N–H and O–H groups in total. The first-order valence-corrected chi connectivity index (χ1v) is 6.92. The van der Waals surface area contributed by atoms with Crippen LogP contribution in [-0.2, 0) is 11.2 Å². The second kappa shape index (κ2) is 5.14. The number of carboxylic acids is 1. The second-order valence-electron chi connectivity index (χ2n) is 4.13. The standard InChI is InChI=1S/C12H12BrNO2S/c1-7(5-12(15)16)4-11-14-9-3-2-8(13)6-10(9)17-11/h2-3,6-7H,4-5H2,1H3,(H,15,16). The Morgan fingerprint density at radius 1 is 1.59 bits per heavy atom. The number of aliphatic carboxylic acids is 1. The number of nitrogens with zero attached hydrogens (tertiary/aromatic N) is 1. The van der Waals surface area contributed by atoms with Gasteiger partial charge >= 0.3 is 5.97 Å². The summed E-state index contributed by atoms with van der Waals surface area (Å²) in [5, 5.41) is 9.72. The minimum atomic E-state index is -0.749. The zero-order valence-electron chi connectivity index (χ0n) is 9.31. The summed E-state index contributed by atoms with van der Waals surface area (Å²) in [6.07, 6.45) is 0.920. The summed E-state index contributed by atoms with van der Waals surface area (Å²) in [7, 11) is 0. The number of fused-ring (bicyclic) bond motifs is 1. The zero-order chi connectivity index (χ0) is 12.4. The van der Waals surface area contributed by atoms with Crippen molar-refractivity contribution in [1.29, 1.82) is 0 Å². The van der Waals surface area contributed by atoms with Crippen LogP contribution in [0, 0.1) is 5.92 Å². The summed E-state index contributed by atoms with van der Waals surface area (Å²) in [6.45, 7) is 1.94. The van der Waals surface area contributed by atoms with Gasteiger partial charge in [-0.1, -0.05) is 22.9 Å². The van der Waals surface area contributed by atoms with Crippen LogP contribution >= 0.6 is 27.3 Å². The van der Waals surface area contributed by atoms with Crippen molar-refractivity contribution >= 4 is 43.5 Å². The number of hydrogen-bond acceptors (Lipinski definition) is 3. The third kappa shape index (κ3) is 3.26. The average Bonchev–Trinajstić information content (AvgIpc) is 2.57. The predicted molar refractivity (Wildman–Crippen MR) is 72.4 cm³/mol. The van der Waals surface area contributed by atoms with E-state index in [1.54, 1.807) is 11.3 Å². The molecule has 2 rings (SSSR count). The van der Waals surface area contributed by atoms with E-state index in [0.717, 1.165) is 26.1 Å². The van der Waals surface area contributed by atoms with Crippen molar-refractivity contribution in [3.05, 3.63) is 27.7 Å². The Hall–Kier alpha value is -0.940. The van der Waals surface area contributed by atoms with Gasteiger partial charge in [-0.2, -0.15) is 0 Å². The van der Waals surface area contributed by atoms with E-state index in [-0.39, 0.29) is 12.3 Å². The van der Waals surface area contributed by atoms with Gasteiger partial charge < -0.3 is 5.11 Å². The van der Waals surface area contributed by atoms with E-state index in [1.165, 1.54) is 0 Å². The second-order valence-corrected chi connectivity index (χ2v) is 6.16. The third-order valence-electron chi connectivity index (χ3n) is 2.44. The van der Waals surface area contributed by atoms with Gasteiger partial charge in [-0.15, -0.1) is 11.3 Å². The van der Waals surface area contributed by atoms with Gasteiger partial charge in [0.15, 0.2) is 0 Å². The molecule has 1 aromatic carbocycles. The van der Waals surface area contributed by atoms with Gasteiger partial charge in [-0.3, -0.25) is 4.79 Å². The average molecular weight is 314 g/mol. The van der Waals surface area contributed by atoms with Crippen molar-refractivity contribution in [3.8, 4) is 0 Å². The van der Waals surface area contributed by atoms with Crippen LogP contribution in [0.25, 0.3) is 10.2 Å². The van der Waals surface area contributed by atoms with Crippen LogP contribution in [0.3, 0.4) is 0 Å². The molecule has 0 aliphatic heterocycles. The first-order chi connectivity index (χ1) is 8.04. The molecule has 0 aliphatic rings. The maximum Gasteiger partial charge on any atom is 0.303 e. The molecule has 17 heavy (non-hydrogen) atoms. The van der Waals surface area contributed by atoms with E-state index in [0.29, 0.717) is 0 Å². The van der Waals surface area contributed by atoms with Gasteiger partial charge in [0.2, 0.25) is 0 Å². The van der Waals surface area contributed by atoms with Crippen molar-refractivity contribution in [2.75, 3.05) is 0 Å². The molecular formula is C12H12BrNO2S. The number of aromatic nitrogens is 1. The molecule has 3 nitrogen and oxygen atoms in total. The number of halogens is 1. The van der Waals surface area contributed by atoms with Crippen LogP contribution in [0.1, 0.15) is 18.4 Å². The van der Waals surface area contributed by atoms with Crippen LogP contribution in [0.2, 0.25) is 0 Å². The van der Waals surface area contributed by atoms with Gasteiger partial charge in [0.05, 0.1) is 15.2 Å². The summed E-state index contributed by atoms with van der Waals surface area (Å²) in [6, 6.07) is 5.98. The Labute approximate surface area is 112 Å². The third-order valence-corrected chi connectivity index (χ3v) is 3.97. The molecule has 1 aromatic heterocycles. The quantitative estimate of drug-likeness (QED) is 0.936. The molecule has 0 bridgehead atoms. The van der Waals surface area contributed by atoms with Crippen LogP contribution < -0.4 is 0 Å². The minimum absolute atomic E-state index is 0.122. The van der Waals surface area contributed by atoms with Crippen molar-refractivity contribution < 1.29 is 9.90 Å². The molecule has 1 atom stereocenters.